The van der Waals surface area contributed by atoms with E-state index in [4.69, 9.17) is 17.3 Å². The maximum absolute atomic E-state index is 12.4. The van der Waals surface area contributed by atoms with E-state index >= 15 is 0 Å². The summed E-state index contributed by atoms with van der Waals surface area (Å²) in [6.45, 7) is 1.82. The number of nitrogen functional groups attached to an aromatic ring is 1. The van der Waals surface area contributed by atoms with E-state index in [0.717, 1.165) is 5.56 Å². The quantitative estimate of drug-likeness (QED) is 0.884. The van der Waals surface area contributed by atoms with Crippen LogP contribution in [0.2, 0.25) is 5.02 Å². The molecule has 2 aromatic rings. The Labute approximate surface area is 117 Å². The van der Waals surface area contributed by atoms with Gasteiger partial charge >= 0.3 is 0 Å². The summed E-state index contributed by atoms with van der Waals surface area (Å²) >= 11 is 5.93. The Morgan fingerprint density at radius 3 is 2.74 bits per heavy atom. The number of benzene rings is 1. The molecule has 0 bridgehead atoms. The number of anilines is 1. The first-order chi connectivity index (χ1) is 8.90. The van der Waals surface area contributed by atoms with Gasteiger partial charge in [-0.25, -0.2) is 8.42 Å². The van der Waals surface area contributed by atoms with Crippen molar-refractivity contribution in [2.45, 2.75) is 17.6 Å². The number of sulfone groups is 1. The Hall–Kier alpha value is -1.59. The van der Waals surface area contributed by atoms with Crippen molar-refractivity contribution >= 4 is 27.1 Å². The Morgan fingerprint density at radius 1 is 1.32 bits per heavy atom. The van der Waals surface area contributed by atoms with Gasteiger partial charge in [0.1, 0.15) is 0 Å². The van der Waals surface area contributed by atoms with Crippen LogP contribution in [0.1, 0.15) is 11.1 Å². The summed E-state index contributed by atoms with van der Waals surface area (Å²) in [6, 6.07) is 6.52. The van der Waals surface area contributed by atoms with Gasteiger partial charge < -0.3 is 5.73 Å². The van der Waals surface area contributed by atoms with Gasteiger partial charge in [0.05, 0.1) is 21.4 Å². The number of aromatic nitrogens is 1. The van der Waals surface area contributed by atoms with Crippen molar-refractivity contribution in [3.63, 3.8) is 0 Å². The molecule has 0 amide bonds. The maximum Gasteiger partial charge on any atom is 0.184 e. The molecule has 1 aromatic carbocycles. The van der Waals surface area contributed by atoms with Gasteiger partial charge in [-0.05, 0) is 36.2 Å². The van der Waals surface area contributed by atoms with Gasteiger partial charge in [0.25, 0.3) is 0 Å². The van der Waals surface area contributed by atoms with Crippen LogP contribution in [-0.4, -0.2) is 13.4 Å². The topological polar surface area (TPSA) is 73.1 Å². The third-order valence-electron chi connectivity index (χ3n) is 2.71. The van der Waals surface area contributed by atoms with Gasteiger partial charge in [-0.1, -0.05) is 17.7 Å². The van der Waals surface area contributed by atoms with E-state index < -0.39 is 9.84 Å². The molecule has 2 N–H and O–H groups in total. The Balaban J connectivity index is 2.44. The van der Waals surface area contributed by atoms with Crippen LogP contribution < -0.4 is 5.73 Å². The van der Waals surface area contributed by atoms with E-state index in [-0.39, 0.29) is 16.3 Å². The lowest BCUT2D eigenvalue weighted by atomic mass is 10.2. The van der Waals surface area contributed by atoms with Crippen molar-refractivity contribution < 1.29 is 8.42 Å². The molecule has 0 unspecified atom stereocenters. The normalized spacial score (nSPS) is 11.5. The maximum atomic E-state index is 12.4. The van der Waals surface area contributed by atoms with Crippen molar-refractivity contribution in [1.82, 2.24) is 4.98 Å². The van der Waals surface area contributed by atoms with E-state index in [1.54, 1.807) is 24.3 Å². The molecule has 100 valence electrons. The monoisotopic (exact) mass is 296 g/mol. The fourth-order valence-electron chi connectivity index (χ4n) is 1.71. The molecule has 6 heteroatoms. The molecule has 2 rings (SSSR count). The smallest absolute Gasteiger partial charge is 0.184 e. The van der Waals surface area contributed by atoms with Gasteiger partial charge in [0.15, 0.2) is 9.84 Å². The fraction of sp³-hybridized carbons (Fsp3) is 0.154. The third kappa shape index (κ3) is 3.05. The number of rotatable bonds is 3. The van der Waals surface area contributed by atoms with E-state index in [2.05, 4.69) is 4.98 Å². The minimum atomic E-state index is -3.53. The largest absolute Gasteiger partial charge is 0.398 e. The molecule has 0 radical (unpaired) electrons. The van der Waals surface area contributed by atoms with Crippen LogP contribution in [0.25, 0.3) is 0 Å². The lowest BCUT2D eigenvalue weighted by Gasteiger charge is -2.09. The van der Waals surface area contributed by atoms with E-state index in [9.17, 15) is 8.42 Å². The zero-order valence-electron chi connectivity index (χ0n) is 10.3. The highest BCUT2D eigenvalue weighted by molar-refractivity contribution is 7.90. The number of nitrogens with two attached hydrogens (primary N) is 1. The zero-order valence-corrected chi connectivity index (χ0v) is 11.9. The minimum absolute atomic E-state index is 0.139. The first-order valence-electron chi connectivity index (χ1n) is 5.57. The van der Waals surface area contributed by atoms with E-state index in [1.165, 1.54) is 12.4 Å². The third-order valence-corrected chi connectivity index (χ3v) is 4.76. The second-order valence-corrected chi connectivity index (χ2v) is 6.63. The number of halogens is 1. The predicted molar refractivity (Wildman–Crippen MR) is 75.7 cm³/mol. The Bertz CT molecular complexity index is 714. The molecule has 0 saturated heterocycles. The molecule has 0 aliphatic carbocycles. The molecule has 0 saturated carbocycles. The Morgan fingerprint density at radius 2 is 2.05 bits per heavy atom. The summed E-state index contributed by atoms with van der Waals surface area (Å²) < 4.78 is 24.7. The highest BCUT2D eigenvalue weighted by Gasteiger charge is 2.19. The van der Waals surface area contributed by atoms with E-state index in [1.807, 2.05) is 6.92 Å². The summed E-state index contributed by atoms with van der Waals surface area (Å²) in [7, 11) is -3.53. The first-order valence-corrected chi connectivity index (χ1v) is 7.60. The highest BCUT2D eigenvalue weighted by atomic mass is 35.5. The van der Waals surface area contributed by atoms with Crippen LogP contribution in [0.3, 0.4) is 0 Å². The summed E-state index contributed by atoms with van der Waals surface area (Å²) in [5.41, 5.74) is 7.34. The zero-order chi connectivity index (χ0) is 14.0. The predicted octanol–water partition coefficient (Wildman–Crippen LogP) is 2.60. The molecule has 0 atom stereocenters. The summed E-state index contributed by atoms with van der Waals surface area (Å²) in [6.07, 6.45) is 2.93. The van der Waals surface area contributed by atoms with Crippen molar-refractivity contribution in [3.05, 3.63) is 52.8 Å². The summed E-state index contributed by atoms with van der Waals surface area (Å²) in [4.78, 5) is 3.97. The number of pyridine rings is 1. The minimum Gasteiger partial charge on any atom is -0.398 e. The van der Waals surface area contributed by atoms with Crippen LogP contribution in [-0.2, 0) is 15.6 Å². The molecule has 1 aromatic heterocycles. The van der Waals surface area contributed by atoms with Gasteiger partial charge in [0, 0.05) is 12.4 Å². The van der Waals surface area contributed by atoms with Crippen LogP contribution >= 0.6 is 11.6 Å². The number of aryl methyl sites for hydroxylation is 1. The van der Waals surface area contributed by atoms with Crippen LogP contribution in [0.15, 0.2) is 41.6 Å². The number of hydrogen-bond acceptors (Lipinski definition) is 4. The van der Waals surface area contributed by atoms with Gasteiger partial charge in [-0.2, -0.15) is 0 Å². The molecule has 1 heterocycles. The molecular weight excluding hydrogens is 284 g/mol. The number of hydrogen-bond donors (Lipinski definition) is 1. The van der Waals surface area contributed by atoms with Gasteiger partial charge in [-0.3, -0.25) is 4.98 Å². The van der Waals surface area contributed by atoms with Crippen LogP contribution in [0, 0.1) is 6.92 Å². The molecule has 0 fully saturated rings. The highest BCUT2D eigenvalue weighted by Crippen LogP contribution is 2.25. The van der Waals surface area contributed by atoms with Crippen LogP contribution in [0.4, 0.5) is 5.69 Å². The molecule has 0 aliphatic rings. The van der Waals surface area contributed by atoms with Crippen molar-refractivity contribution in [3.8, 4) is 0 Å². The standard InChI is InChI=1S/C13H13ClN2O2S/c1-9-2-3-12(15)13(6-9)19(17,18)8-10-4-5-16-7-11(10)14/h2-7H,8,15H2,1H3. The molecule has 4 nitrogen and oxygen atoms in total. The first kappa shape index (κ1) is 13.8. The molecule has 19 heavy (non-hydrogen) atoms. The molecule has 0 aliphatic heterocycles. The van der Waals surface area contributed by atoms with Gasteiger partial charge in [-0.15, -0.1) is 0 Å². The fourth-order valence-corrected chi connectivity index (χ4v) is 3.59. The lowest BCUT2D eigenvalue weighted by molar-refractivity contribution is 0.595. The van der Waals surface area contributed by atoms with Gasteiger partial charge in [0.2, 0.25) is 0 Å². The average molecular weight is 297 g/mol. The lowest BCUT2D eigenvalue weighted by Crippen LogP contribution is -2.08. The van der Waals surface area contributed by atoms with Crippen molar-refractivity contribution in [2.75, 3.05) is 5.73 Å². The SMILES string of the molecule is Cc1ccc(N)c(S(=O)(=O)Cc2ccncc2Cl)c1. The van der Waals surface area contributed by atoms with Crippen molar-refractivity contribution in [1.29, 1.82) is 0 Å². The summed E-state index contributed by atoms with van der Waals surface area (Å²) in [5.74, 6) is -0.192. The van der Waals surface area contributed by atoms with Crippen LogP contribution in [0.5, 0.6) is 0 Å². The second-order valence-electron chi connectivity index (χ2n) is 4.27. The molecular formula is C13H13ClN2O2S. The van der Waals surface area contributed by atoms with Crippen molar-refractivity contribution in [2.24, 2.45) is 0 Å². The number of nitrogens with zero attached hydrogens (tertiary/aromatic N) is 1. The Kier molecular flexibility index (Phi) is 3.78. The average Bonchev–Trinajstić information content (AvgIpc) is 2.35. The summed E-state index contributed by atoms with van der Waals surface area (Å²) in [5, 5.41) is 0.331. The second kappa shape index (κ2) is 5.19. The van der Waals surface area contributed by atoms with E-state index in [0.29, 0.717) is 10.6 Å². The molecule has 0 spiro atoms.